The molecule has 0 radical (unpaired) electrons. The highest BCUT2D eigenvalue weighted by atomic mass is 35.5. The number of likely N-dealkylation sites (tertiary alicyclic amines) is 2. The van der Waals surface area contributed by atoms with Crippen molar-refractivity contribution in [1.82, 2.24) is 9.80 Å². The Morgan fingerprint density at radius 3 is 1.20 bits per heavy atom. The van der Waals surface area contributed by atoms with Crippen molar-refractivity contribution in [2.24, 2.45) is 22.7 Å². The van der Waals surface area contributed by atoms with E-state index in [1.807, 2.05) is 121 Å². The maximum atomic E-state index is 14.0. The van der Waals surface area contributed by atoms with E-state index in [1.54, 1.807) is 0 Å². The van der Waals surface area contributed by atoms with Gasteiger partial charge < -0.3 is 20.0 Å². The van der Waals surface area contributed by atoms with Gasteiger partial charge in [-0.15, -0.1) is 0 Å². The molecule has 4 aliphatic rings. The summed E-state index contributed by atoms with van der Waals surface area (Å²) in [6.45, 7) is 8.06. The highest BCUT2D eigenvalue weighted by Crippen LogP contribution is 2.55. The third-order valence-corrected chi connectivity index (χ3v) is 15.4. The van der Waals surface area contributed by atoms with E-state index in [0.717, 1.165) is 60.8 Å². The van der Waals surface area contributed by atoms with Gasteiger partial charge >= 0.3 is 11.9 Å². The van der Waals surface area contributed by atoms with Crippen LogP contribution in [0.3, 0.4) is 0 Å². The van der Waals surface area contributed by atoms with Crippen LogP contribution >= 0.6 is 46.4 Å². The monoisotopic (exact) mass is 946 g/mol. The Bertz CT molecular complexity index is 2180. The predicted octanol–water partition coefficient (Wildman–Crippen LogP) is 13.4. The summed E-state index contributed by atoms with van der Waals surface area (Å²) >= 11 is 25.1. The van der Waals surface area contributed by atoms with Crippen LogP contribution in [0.25, 0.3) is 0 Å². The quantitative estimate of drug-likeness (QED) is 0.164. The molecule has 4 fully saturated rings. The van der Waals surface area contributed by atoms with Gasteiger partial charge in [-0.25, -0.2) is 0 Å². The SMILES string of the molecule is C[C@@H]1CCC(N2C(=O)C(C)(CC(=O)O)C[C@H](c3cccc(Cl)c3)[C@H]2c2ccc(Cl)cc2)C1.C[C@H]1CCC(N2C(=O)C(C)(CC(=O)O)C[C@H](c3cccc(Cl)c3)[C@H]2c2ccc(Cl)cc2)C1. The molecule has 8 rings (SSSR count). The molecule has 340 valence electrons. The number of amides is 2. The number of rotatable bonds is 10. The Kier molecular flexibility index (Phi) is 14.8. The minimum atomic E-state index is -0.979. The standard InChI is InChI=1S/2C26H29Cl2NO3/c2*1-16-6-11-21(12-16)29-24(17-7-9-19(27)10-8-17)22(18-4-3-5-20(28)13-18)14-26(2,25(29)32)15-23(30)31/h2*3-5,7-10,13,16,21-22,24H,6,11-12,14-15H2,1-2H3,(H,30,31)/t16-,21?,22+,24+,26?;16-,21?,22-,24-,26?/m01/s1. The van der Waals surface area contributed by atoms with Crippen LogP contribution in [0.2, 0.25) is 20.1 Å². The second kappa shape index (κ2) is 19.8. The van der Waals surface area contributed by atoms with Gasteiger partial charge in [-0.3, -0.25) is 19.2 Å². The van der Waals surface area contributed by atoms with Crippen LogP contribution in [-0.4, -0.2) is 55.8 Å². The highest BCUT2D eigenvalue weighted by molar-refractivity contribution is 6.31. The Balaban J connectivity index is 0.000000191. The molecule has 0 spiro atoms. The van der Waals surface area contributed by atoms with E-state index in [9.17, 15) is 29.4 Å². The topological polar surface area (TPSA) is 115 Å². The summed E-state index contributed by atoms with van der Waals surface area (Å²) in [7, 11) is 0. The molecule has 2 aliphatic carbocycles. The Hall–Kier alpha value is -4.08. The van der Waals surface area contributed by atoms with E-state index in [4.69, 9.17) is 46.4 Å². The minimum Gasteiger partial charge on any atom is -0.481 e. The van der Waals surface area contributed by atoms with Crippen LogP contribution < -0.4 is 0 Å². The number of benzene rings is 4. The Morgan fingerprint density at radius 2 is 0.906 bits per heavy atom. The van der Waals surface area contributed by atoms with Gasteiger partial charge in [-0.2, -0.15) is 0 Å². The number of nitrogens with zero attached hydrogens (tertiary/aromatic N) is 2. The molecule has 10 atom stereocenters. The number of carbonyl (C=O) groups is 4. The van der Waals surface area contributed by atoms with Crippen molar-refractivity contribution in [2.45, 2.75) is 128 Å². The van der Waals surface area contributed by atoms with Crippen molar-refractivity contribution in [2.75, 3.05) is 0 Å². The van der Waals surface area contributed by atoms with Crippen molar-refractivity contribution in [3.05, 3.63) is 139 Å². The van der Waals surface area contributed by atoms with Crippen LogP contribution in [0.15, 0.2) is 97.1 Å². The van der Waals surface area contributed by atoms with Crippen molar-refractivity contribution in [1.29, 1.82) is 0 Å². The smallest absolute Gasteiger partial charge is 0.304 e. The van der Waals surface area contributed by atoms with Gasteiger partial charge in [0.15, 0.2) is 0 Å². The van der Waals surface area contributed by atoms with Crippen molar-refractivity contribution < 1.29 is 29.4 Å². The van der Waals surface area contributed by atoms with Gasteiger partial charge in [0.2, 0.25) is 11.8 Å². The maximum absolute atomic E-state index is 14.0. The van der Waals surface area contributed by atoms with Gasteiger partial charge in [0, 0.05) is 44.0 Å². The third-order valence-electron chi connectivity index (χ3n) is 14.4. The maximum Gasteiger partial charge on any atom is 0.304 e. The fourth-order valence-corrected chi connectivity index (χ4v) is 12.1. The molecule has 2 heterocycles. The largest absolute Gasteiger partial charge is 0.481 e. The van der Waals surface area contributed by atoms with Crippen molar-refractivity contribution in [3.8, 4) is 0 Å². The number of hydrogen-bond acceptors (Lipinski definition) is 4. The van der Waals surface area contributed by atoms with Crippen LogP contribution in [-0.2, 0) is 19.2 Å². The van der Waals surface area contributed by atoms with E-state index >= 15 is 0 Å². The van der Waals surface area contributed by atoms with Crippen LogP contribution in [0, 0.1) is 22.7 Å². The summed E-state index contributed by atoms with van der Waals surface area (Å²) in [5.74, 6) is -1.09. The molecule has 2 amide bonds. The lowest BCUT2D eigenvalue weighted by Crippen LogP contribution is -2.55. The molecule has 2 saturated heterocycles. The summed E-state index contributed by atoms with van der Waals surface area (Å²) in [5.41, 5.74) is 2.13. The van der Waals surface area contributed by atoms with Gasteiger partial charge in [-0.05, 0) is 134 Å². The lowest BCUT2D eigenvalue weighted by atomic mass is 9.67. The van der Waals surface area contributed by atoms with E-state index < -0.39 is 22.8 Å². The van der Waals surface area contributed by atoms with Crippen LogP contribution in [0.4, 0.5) is 0 Å². The lowest BCUT2D eigenvalue weighted by Gasteiger charge is -2.51. The zero-order valence-corrected chi connectivity index (χ0v) is 39.9. The van der Waals surface area contributed by atoms with Gasteiger partial charge in [0.1, 0.15) is 0 Å². The van der Waals surface area contributed by atoms with Gasteiger partial charge in [-0.1, -0.05) is 123 Å². The molecular weight excluding hydrogens is 890 g/mol. The van der Waals surface area contributed by atoms with Crippen molar-refractivity contribution in [3.63, 3.8) is 0 Å². The van der Waals surface area contributed by atoms with Crippen LogP contribution in [0.5, 0.6) is 0 Å². The molecule has 0 aromatic heterocycles. The molecule has 2 aliphatic heterocycles. The first-order chi connectivity index (χ1) is 30.4. The first-order valence-corrected chi connectivity index (χ1v) is 24.0. The molecule has 12 heteroatoms. The first kappa shape index (κ1) is 47.9. The summed E-state index contributed by atoms with van der Waals surface area (Å²) in [5, 5.41) is 21.9. The van der Waals surface area contributed by atoms with E-state index in [-0.39, 0.29) is 60.7 Å². The molecular formula is C52H58Cl4N2O6. The Labute approximate surface area is 397 Å². The second-order valence-corrected chi connectivity index (χ2v) is 21.3. The van der Waals surface area contributed by atoms with Gasteiger partial charge in [0.05, 0.1) is 35.8 Å². The van der Waals surface area contributed by atoms with E-state index in [0.29, 0.717) is 44.8 Å². The van der Waals surface area contributed by atoms with Crippen LogP contribution in [0.1, 0.15) is 138 Å². The minimum absolute atomic E-state index is 0.0581. The second-order valence-electron chi connectivity index (χ2n) is 19.6. The number of carbonyl (C=O) groups excluding carboxylic acids is 2. The summed E-state index contributed by atoms with van der Waals surface area (Å²) < 4.78 is 0. The molecule has 2 N–H and O–H groups in total. The fraction of sp³-hybridized carbons (Fsp3) is 0.462. The normalized spacial score (nSPS) is 30.5. The average Bonchev–Trinajstić information content (AvgIpc) is 3.87. The van der Waals surface area contributed by atoms with E-state index in [2.05, 4.69) is 13.8 Å². The van der Waals surface area contributed by atoms with Gasteiger partial charge in [0.25, 0.3) is 0 Å². The Morgan fingerprint density at radius 1 is 0.547 bits per heavy atom. The van der Waals surface area contributed by atoms with E-state index in [1.165, 1.54) is 0 Å². The molecule has 64 heavy (non-hydrogen) atoms. The van der Waals surface area contributed by atoms with Crippen molar-refractivity contribution >= 4 is 70.2 Å². The summed E-state index contributed by atoms with van der Waals surface area (Å²) in [6.07, 6.45) is 6.39. The summed E-state index contributed by atoms with van der Waals surface area (Å²) in [4.78, 5) is 55.6. The third kappa shape index (κ3) is 10.5. The molecule has 2 saturated carbocycles. The summed E-state index contributed by atoms with van der Waals surface area (Å²) in [6, 6.07) is 30.6. The lowest BCUT2D eigenvalue weighted by molar-refractivity contribution is -0.160. The molecule has 4 aromatic rings. The zero-order chi connectivity index (χ0) is 46.1. The predicted molar refractivity (Wildman–Crippen MR) is 254 cm³/mol. The number of carboxylic acids is 2. The zero-order valence-electron chi connectivity index (χ0n) is 36.9. The first-order valence-electron chi connectivity index (χ1n) is 22.5. The molecule has 4 aromatic carbocycles. The number of halogens is 4. The molecule has 8 nitrogen and oxygen atoms in total. The number of hydrogen-bond donors (Lipinski definition) is 2. The molecule has 0 bridgehead atoms. The molecule has 4 unspecified atom stereocenters. The fourth-order valence-electron chi connectivity index (χ4n) is 11.4. The highest BCUT2D eigenvalue weighted by Gasteiger charge is 2.54. The average molecular weight is 949 g/mol. The number of piperidine rings is 2. The number of carboxylic acid groups (broad SMARTS) is 2. The number of aliphatic carboxylic acids is 2.